The zero-order valence-corrected chi connectivity index (χ0v) is 15.5. The van der Waals surface area contributed by atoms with Crippen LogP contribution in [0.5, 0.6) is 17.2 Å². The number of esters is 1. The number of carbonyl (C=O) groups excluding carboxylic acids is 3. The molecule has 0 saturated heterocycles. The lowest BCUT2D eigenvalue weighted by molar-refractivity contribution is -0.123. The molecule has 9 heteroatoms. The van der Waals surface area contributed by atoms with Crippen LogP contribution in [0.4, 0.5) is 4.79 Å². The summed E-state index contributed by atoms with van der Waals surface area (Å²) in [6.07, 6.45) is 0.718. The third-order valence-electron chi connectivity index (χ3n) is 3.50. The maximum absolute atomic E-state index is 12.2. The van der Waals surface area contributed by atoms with Gasteiger partial charge in [0, 0.05) is 18.2 Å². The van der Waals surface area contributed by atoms with Crippen LogP contribution in [-0.4, -0.2) is 51.9 Å². The van der Waals surface area contributed by atoms with Crippen molar-refractivity contribution in [3.05, 3.63) is 17.7 Å². The van der Waals surface area contributed by atoms with Gasteiger partial charge in [0.2, 0.25) is 0 Å². The normalized spacial score (nSPS) is 11.1. The van der Waals surface area contributed by atoms with Gasteiger partial charge in [-0.25, -0.2) is 9.59 Å². The lowest BCUT2D eigenvalue weighted by Gasteiger charge is -2.14. The van der Waals surface area contributed by atoms with Gasteiger partial charge in [-0.15, -0.1) is 0 Å². The summed E-state index contributed by atoms with van der Waals surface area (Å²) in [7, 11) is 4.25. The maximum atomic E-state index is 12.2. The fraction of sp³-hybridized carbons (Fsp3) is 0.471. The fourth-order valence-electron chi connectivity index (χ4n) is 1.92. The maximum Gasteiger partial charge on any atom is 0.342 e. The summed E-state index contributed by atoms with van der Waals surface area (Å²) >= 11 is 0. The number of rotatable bonds is 8. The zero-order valence-electron chi connectivity index (χ0n) is 15.5. The van der Waals surface area contributed by atoms with E-state index in [4.69, 9.17) is 18.9 Å². The molecule has 0 aliphatic carbocycles. The lowest BCUT2D eigenvalue weighted by Crippen LogP contribution is -2.44. The predicted molar refractivity (Wildman–Crippen MR) is 92.8 cm³/mol. The Morgan fingerprint density at radius 3 is 2.12 bits per heavy atom. The summed E-state index contributed by atoms with van der Waals surface area (Å²) in [4.78, 5) is 35.5. The Morgan fingerprint density at radius 2 is 1.58 bits per heavy atom. The first kappa shape index (κ1) is 21.1. The van der Waals surface area contributed by atoms with Crippen molar-refractivity contribution in [3.8, 4) is 17.2 Å². The molecule has 0 bridgehead atoms. The third kappa shape index (κ3) is 5.83. The van der Waals surface area contributed by atoms with Crippen LogP contribution in [0, 0.1) is 0 Å². The van der Waals surface area contributed by atoms with Gasteiger partial charge in [0.25, 0.3) is 5.91 Å². The summed E-state index contributed by atoms with van der Waals surface area (Å²) in [6, 6.07) is 2.12. The molecule has 0 spiro atoms. The standard InChI is InChI=1S/C17H24N2O7/c1-6-10(2)18-17(22)19-15(20)9-26-16(21)11-7-13(24-4)14(25-5)8-12(11)23-3/h7-8,10H,6,9H2,1-5H3,(H2,18,19,20,22)/t10-/m1/s1. The second-order valence-corrected chi connectivity index (χ2v) is 5.31. The molecule has 1 atom stereocenters. The first-order chi connectivity index (χ1) is 12.4. The molecule has 144 valence electrons. The van der Waals surface area contributed by atoms with Crippen molar-refractivity contribution < 1.29 is 33.3 Å². The van der Waals surface area contributed by atoms with Gasteiger partial charge < -0.3 is 24.3 Å². The van der Waals surface area contributed by atoms with E-state index in [1.165, 1.54) is 33.5 Å². The molecule has 0 fully saturated rings. The first-order valence-electron chi connectivity index (χ1n) is 7.93. The highest BCUT2D eigenvalue weighted by molar-refractivity contribution is 5.98. The number of ether oxygens (including phenoxy) is 4. The van der Waals surface area contributed by atoms with Crippen molar-refractivity contribution in [2.45, 2.75) is 26.3 Å². The van der Waals surface area contributed by atoms with Gasteiger partial charge in [-0.1, -0.05) is 6.92 Å². The molecular weight excluding hydrogens is 344 g/mol. The number of hydrogen-bond donors (Lipinski definition) is 2. The largest absolute Gasteiger partial charge is 0.496 e. The van der Waals surface area contributed by atoms with Crippen LogP contribution >= 0.6 is 0 Å². The Hall–Kier alpha value is -2.97. The highest BCUT2D eigenvalue weighted by Gasteiger charge is 2.20. The molecule has 1 aromatic carbocycles. The number of carbonyl (C=O) groups is 3. The molecule has 0 aromatic heterocycles. The molecule has 2 N–H and O–H groups in total. The van der Waals surface area contributed by atoms with E-state index in [1.807, 2.05) is 6.92 Å². The predicted octanol–water partition coefficient (Wildman–Crippen LogP) is 1.49. The van der Waals surface area contributed by atoms with E-state index < -0.39 is 24.5 Å². The van der Waals surface area contributed by atoms with Crippen LogP contribution in [0.25, 0.3) is 0 Å². The number of amides is 3. The molecule has 3 amide bonds. The molecular formula is C17H24N2O7. The van der Waals surface area contributed by atoms with Crippen molar-refractivity contribution in [3.63, 3.8) is 0 Å². The molecule has 0 saturated carbocycles. The number of benzene rings is 1. The fourth-order valence-corrected chi connectivity index (χ4v) is 1.92. The van der Waals surface area contributed by atoms with Crippen molar-refractivity contribution in [2.24, 2.45) is 0 Å². The van der Waals surface area contributed by atoms with E-state index in [0.29, 0.717) is 11.5 Å². The monoisotopic (exact) mass is 368 g/mol. The molecule has 1 aromatic rings. The van der Waals surface area contributed by atoms with Gasteiger partial charge in [0.15, 0.2) is 18.1 Å². The first-order valence-corrected chi connectivity index (χ1v) is 7.93. The van der Waals surface area contributed by atoms with Gasteiger partial charge in [0.05, 0.1) is 21.3 Å². The van der Waals surface area contributed by atoms with Crippen molar-refractivity contribution in [1.82, 2.24) is 10.6 Å². The van der Waals surface area contributed by atoms with Crippen LogP contribution in [0.3, 0.4) is 0 Å². The molecule has 0 unspecified atom stereocenters. The van der Waals surface area contributed by atoms with Gasteiger partial charge in [-0.3, -0.25) is 10.1 Å². The van der Waals surface area contributed by atoms with E-state index in [9.17, 15) is 14.4 Å². The average Bonchev–Trinajstić information content (AvgIpc) is 2.64. The Morgan fingerprint density at radius 1 is 1.00 bits per heavy atom. The van der Waals surface area contributed by atoms with Crippen molar-refractivity contribution >= 4 is 17.9 Å². The van der Waals surface area contributed by atoms with Gasteiger partial charge >= 0.3 is 12.0 Å². The molecule has 1 rings (SSSR count). The summed E-state index contributed by atoms with van der Waals surface area (Å²) in [6.45, 7) is 3.07. The van der Waals surface area contributed by atoms with Crippen LogP contribution in [0.1, 0.15) is 30.6 Å². The molecule has 0 aliphatic rings. The lowest BCUT2D eigenvalue weighted by atomic mass is 10.1. The van der Waals surface area contributed by atoms with Gasteiger partial charge in [-0.2, -0.15) is 0 Å². The quantitative estimate of drug-likeness (QED) is 0.669. The van der Waals surface area contributed by atoms with Crippen molar-refractivity contribution in [1.29, 1.82) is 0 Å². The van der Waals surface area contributed by atoms with Crippen LogP contribution < -0.4 is 24.8 Å². The minimum atomic E-state index is -0.805. The van der Waals surface area contributed by atoms with E-state index >= 15 is 0 Å². The summed E-state index contributed by atoms with van der Waals surface area (Å²) in [5, 5.41) is 4.64. The zero-order chi connectivity index (χ0) is 19.7. The van der Waals surface area contributed by atoms with Crippen LogP contribution in [0.2, 0.25) is 0 Å². The Kier molecular flexibility index (Phi) is 8.20. The molecule has 0 heterocycles. The summed E-state index contributed by atoms with van der Waals surface area (Å²) in [5.41, 5.74) is 0.0574. The highest BCUT2D eigenvalue weighted by Crippen LogP contribution is 2.34. The molecule has 9 nitrogen and oxygen atoms in total. The smallest absolute Gasteiger partial charge is 0.342 e. The Balaban J connectivity index is 2.73. The van der Waals surface area contributed by atoms with E-state index in [-0.39, 0.29) is 17.4 Å². The van der Waals surface area contributed by atoms with E-state index in [0.717, 1.165) is 6.42 Å². The number of methoxy groups -OCH3 is 3. The van der Waals surface area contributed by atoms with E-state index in [2.05, 4.69) is 10.6 Å². The number of urea groups is 1. The molecule has 0 radical (unpaired) electrons. The molecule has 0 aliphatic heterocycles. The molecule has 26 heavy (non-hydrogen) atoms. The second-order valence-electron chi connectivity index (χ2n) is 5.31. The highest BCUT2D eigenvalue weighted by atomic mass is 16.5. The summed E-state index contributed by atoms with van der Waals surface area (Å²) in [5.74, 6) is -0.681. The van der Waals surface area contributed by atoms with Gasteiger partial charge in [0.1, 0.15) is 11.3 Å². The Bertz CT molecular complexity index is 661. The van der Waals surface area contributed by atoms with Crippen molar-refractivity contribution in [2.75, 3.05) is 27.9 Å². The third-order valence-corrected chi connectivity index (χ3v) is 3.50. The van der Waals surface area contributed by atoms with E-state index in [1.54, 1.807) is 6.92 Å². The van der Waals surface area contributed by atoms with Crippen LogP contribution in [-0.2, 0) is 9.53 Å². The minimum Gasteiger partial charge on any atom is -0.496 e. The minimum absolute atomic E-state index is 0.0574. The van der Waals surface area contributed by atoms with Crippen LogP contribution in [0.15, 0.2) is 12.1 Å². The SMILES string of the molecule is CC[C@@H](C)NC(=O)NC(=O)COC(=O)c1cc(OC)c(OC)cc1OC. The summed E-state index contributed by atoms with van der Waals surface area (Å²) < 4.78 is 20.3. The number of nitrogens with one attached hydrogen (secondary N) is 2. The number of hydrogen-bond acceptors (Lipinski definition) is 7. The Labute approximate surface area is 151 Å². The van der Waals surface area contributed by atoms with Gasteiger partial charge in [-0.05, 0) is 13.3 Å². The number of imide groups is 1. The average molecular weight is 368 g/mol. The topological polar surface area (TPSA) is 112 Å². The second kappa shape index (κ2) is 10.1.